The van der Waals surface area contributed by atoms with Crippen molar-refractivity contribution in [1.82, 2.24) is 0 Å². The summed E-state index contributed by atoms with van der Waals surface area (Å²) in [5.74, 6) is -0.579. The number of hydrogen-bond donors (Lipinski definition) is 1. The summed E-state index contributed by atoms with van der Waals surface area (Å²) in [4.78, 5) is 12.2. The minimum atomic E-state index is -3.53. The minimum Gasteiger partial charge on any atom is -0.326 e. The van der Waals surface area contributed by atoms with Crippen LogP contribution in [-0.2, 0) is 21.1 Å². The lowest BCUT2D eigenvalue weighted by Gasteiger charge is -2.10. The van der Waals surface area contributed by atoms with E-state index in [1.165, 1.54) is 12.1 Å². The Bertz CT molecular complexity index is 803. The summed E-state index contributed by atoms with van der Waals surface area (Å²) in [6, 6.07) is 13.5. The van der Waals surface area contributed by atoms with E-state index in [1.54, 1.807) is 12.1 Å². The third-order valence-electron chi connectivity index (χ3n) is 3.43. The number of aryl methyl sites for hydroxylation is 1. The number of para-hydroxylation sites is 1. The van der Waals surface area contributed by atoms with E-state index in [-0.39, 0.29) is 23.0 Å². The summed E-state index contributed by atoms with van der Waals surface area (Å²) in [5.41, 5.74) is 1.73. The number of sulfone groups is 1. The van der Waals surface area contributed by atoms with Gasteiger partial charge in [0, 0.05) is 17.1 Å². The van der Waals surface area contributed by atoms with E-state index >= 15 is 0 Å². The van der Waals surface area contributed by atoms with Gasteiger partial charge >= 0.3 is 0 Å². The van der Waals surface area contributed by atoms with E-state index in [0.29, 0.717) is 5.02 Å². The number of halogens is 1. The first-order chi connectivity index (χ1) is 10.9. The standard InChI is InChI=1S/C17H18ClNO3S/c1-2-13-6-3-4-9-16(13)19-17(20)10-11-23(21,22)15-8-5-7-14(18)12-15/h3-9,12H,2,10-11H2,1H3,(H,19,20). The van der Waals surface area contributed by atoms with Crippen LogP contribution in [0.25, 0.3) is 0 Å². The second-order valence-corrected chi connectivity index (χ2v) is 7.63. The van der Waals surface area contributed by atoms with Crippen molar-refractivity contribution in [3.8, 4) is 0 Å². The molecule has 2 aromatic rings. The van der Waals surface area contributed by atoms with Crippen LogP contribution < -0.4 is 5.32 Å². The Morgan fingerprint density at radius 3 is 2.57 bits per heavy atom. The molecule has 2 rings (SSSR count). The molecule has 1 N–H and O–H groups in total. The fourth-order valence-electron chi connectivity index (χ4n) is 2.17. The Labute approximate surface area is 141 Å². The first kappa shape index (κ1) is 17.5. The molecule has 0 aliphatic heterocycles. The molecule has 4 nitrogen and oxygen atoms in total. The van der Waals surface area contributed by atoms with Crippen molar-refractivity contribution in [2.24, 2.45) is 0 Å². The zero-order valence-corrected chi connectivity index (χ0v) is 14.3. The molecule has 23 heavy (non-hydrogen) atoms. The number of carbonyl (C=O) groups is 1. The van der Waals surface area contributed by atoms with Crippen LogP contribution in [0, 0.1) is 0 Å². The first-order valence-corrected chi connectivity index (χ1v) is 9.31. The first-order valence-electron chi connectivity index (χ1n) is 7.28. The van der Waals surface area contributed by atoms with Crippen LogP contribution in [0.15, 0.2) is 53.4 Å². The van der Waals surface area contributed by atoms with Crippen molar-refractivity contribution in [3.05, 3.63) is 59.1 Å². The van der Waals surface area contributed by atoms with Crippen LogP contribution in [0.3, 0.4) is 0 Å². The van der Waals surface area contributed by atoms with Crippen molar-refractivity contribution in [2.45, 2.75) is 24.7 Å². The molecule has 0 fully saturated rings. The molecule has 0 saturated carbocycles. The van der Waals surface area contributed by atoms with Gasteiger partial charge in [-0.1, -0.05) is 42.8 Å². The molecule has 0 aliphatic rings. The Morgan fingerprint density at radius 2 is 1.87 bits per heavy atom. The topological polar surface area (TPSA) is 63.2 Å². The average Bonchev–Trinajstić information content (AvgIpc) is 2.53. The number of nitrogens with one attached hydrogen (secondary N) is 1. The molecule has 0 bridgehead atoms. The van der Waals surface area contributed by atoms with E-state index in [2.05, 4.69) is 5.32 Å². The van der Waals surface area contributed by atoms with Gasteiger partial charge in [0.2, 0.25) is 5.91 Å². The fourth-order valence-corrected chi connectivity index (χ4v) is 3.71. The van der Waals surface area contributed by atoms with Gasteiger partial charge in [-0.05, 0) is 36.2 Å². The van der Waals surface area contributed by atoms with Crippen molar-refractivity contribution in [1.29, 1.82) is 0 Å². The maximum absolute atomic E-state index is 12.2. The summed E-state index contributed by atoms with van der Waals surface area (Å²) in [6.45, 7) is 1.99. The van der Waals surface area contributed by atoms with Crippen molar-refractivity contribution < 1.29 is 13.2 Å². The van der Waals surface area contributed by atoms with E-state index in [9.17, 15) is 13.2 Å². The smallest absolute Gasteiger partial charge is 0.225 e. The molecule has 0 spiro atoms. The predicted octanol–water partition coefficient (Wildman–Crippen LogP) is 3.70. The molecule has 6 heteroatoms. The summed E-state index contributed by atoms with van der Waals surface area (Å²) in [7, 11) is -3.53. The van der Waals surface area contributed by atoms with Crippen molar-refractivity contribution >= 4 is 33.0 Å². The largest absolute Gasteiger partial charge is 0.326 e. The van der Waals surface area contributed by atoms with Gasteiger partial charge in [-0.15, -0.1) is 0 Å². The van der Waals surface area contributed by atoms with E-state index in [4.69, 9.17) is 11.6 Å². The minimum absolute atomic E-state index is 0.104. The van der Waals surface area contributed by atoms with Crippen LogP contribution >= 0.6 is 11.6 Å². The molecule has 122 valence electrons. The zero-order valence-electron chi connectivity index (χ0n) is 12.8. The maximum Gasteiger partial charge on any atom is 0.225 e. The van der Waals surface area contributed by atoms with Crippen molar-refractivity contribution in [3.63, 3.8) is 0 Å². The quantitative estimate of drug-likeness (QED) is 0.863. The maximum atomic E-state index is 12.2. The average molecular weight is 352 g/mol. The monoisotopic (exact) mass is 351 g/mol. The van der Waals surface area contributed by atoms with Gasteiger partial charge in [0.25, 0.3) is 0 Å². The molecule has 0 radical (unpaired) electrons. The number of benzene rings is 2. The Morgan fingerprint density at radius 1 is 1.13 bits per heavy atom. The highest BCUT2D eigenvalue weighted by Gasteiger charge is 2.17. The van der Waals surface area contributed by atoms with Gasteiger partial charge in [-0.25, -0.2) is 8.42 Å². The molecule has 2 aromatic carbocycles. The van der Waals surface area contributed by atoms with E-state index in [1.807, 2.05) is 31.2 Å². The molecule has 1 amide bonds. The Kier molecular flexibility index (Phi) is 5.80. The summed E-state index contributed by atoms with van der Waals surface area (Å²) >= 11 is 5.81. The van der Waals surface area contributed by atoms with Crippen LogP contribution in [0.1, 0.15) is 18.9 Å². The summed E-state index contributed by atoms with van der Waals surface area (Å²) < 4.78 is 24.5. The van der Waals surface area contributed by atoms with Gasteiger partial charge < -0.3 is 5.32 Å². The fraction of sp³-hybridized carbons (Fsp3) is 0.235. The molecule has 0 aliphatic carbocycles. The second-order valence-electron chi connectivity index (χ2n) is 5.09. The lowest BCUT2D eigenvalue weighted by atomic mass is 10.1. The highest BCUT2D eigenvalue weighted by atomic mass is 35.5. The third-order valence-corrected chi connectivity index (χ3v) is 5.37. The molecule has 0 aromatic heterocycles. The molecular formula is C17H18ClNO3S. The lowest BCUT2D eigenvalue weighted by Crippen LogP contribution is -2.18. The van der Waals surface area contributed by atoms with Crippen LogP contribution in [0.4, 0.5) is 5.69 Å². The second kappa shape index (κ2) is 7.62. The van der Waals surface area contributed by atoms with Crippen LogP contribution in [0.2, 0.25) is 5.02 Å². The van der Waals surface area contributed by atoms with Crippen LogP contribution in [-0.4, -0.2) is 20.1 Å². The predicted molar refractivity (Wildman–Crippen MR) is 92.6 cm³/mol. The molecule has 0 heterocycles. The number of carbonyl (C=O) groups excluding carboxylic acids is 1. The lowest BCUT2D eigenvalue weighted by molar-refractivity contribution is -0.115. The highest BCUT2D eigenvalue weighted by molar-refractivity contribution is 7.91. The Hall–Kier alpha value is -1.85. The highest BCUT2D eigenvalue weighted by Crippen LogP contribution is 2.18. The van der Waals surface area contributed by atoms with Crippen molar-refractivity contribution in [2.75, 3.05) is 11.1 Å². The normalized spacial score (nSPS) is 11.2. The summed E-state index contributed by atoms with van der Waals surface area (Å²) in [6.07, 6.45) is 0.685. The SMILES string of the molecule is CCc1ccccc1NC(=O)CCS(=O)(=O)c1cccc(Cl)c1. The molecule has 0 unspecified atom stereocenters. The van der Waals surface area contributed by atoms with Crippen LogP contribution in [0.5, 0.6) is 0 Å². The van der Waals surface area contributed by atoms with Gasteiger partial charge in [-0.3, -0.25) is 4.79 Å². The number of rotatable bonds is 6. The molecule has 0 atom stereocenters. The van der Waals surface area contributed by atoms with E-state index in [0.717, 1.165) is 17.7 Å². The number of anilines is 1. The molecular weight excluding hydrogens is 334 g/mol. The van der Waals surface area contributed by atoms with Gasteiger partial charge in [0.15, 0.2) is 9.84 Å². The molecule has 0 saturated heterocycles. The Balaban J connectivity index is 2.01. The summed E-state index contributed by atoms with van der Waals surface area (Å²) in [5, 5.41) is 3.12. The zero-order chi connectivity index (χ0) is 16.9. The number of hydrogen-bond acceptors (Lipinski definition) is 3. The van der Waals surface area contributed by atoms with E-state index < -0.39 is 9.84 Å². The van der Waals surface area contributed by atoms with Gasteiger partial charge in [0.1, 0.15) is 0 Å². The van der Waals surface area contributed by atoms with Gasteiger partial charge in [0.05, 0.1) is 10.6 Å². The number of amides is 1. The third kappa shape index (κ3) is 4.81. The van der Waals surface area contributed by atoms with Gasteiger partial charge in [-0.2, -0.15) is 0 Å².